The first-order valence-corrected chi connectivity index (χ1v) is 13.5. The normalized spacial score (nSPS) is 23.3. The van der Waals surface area contributed by atoms with E-state index in [2.05, 4.69) is 65.2 Å². The summed E-state index contributed by atoms with van der Waals surface area (Å²) in [5, 5.41) is 4.62. The average Bonchev–Trinajstić information content (AvgIpc) is 2.95. The van der Waals surface area contributed by atoms with Crippen molar-refractivity contribution in [3.63, 3.8) is 0 Å². The largest absolute Gasteiger partial charge is 0.490 e. The monoisotopic (exact) mass is 504 g/mol. The van der Waals surface area contributed by atoms with E-state index in [1.165, 1.54) is 0 Å². The fourth-order valence-corrected chi connectivity index (χ4v) is 5.49. The van der Waals surface area contributed by atoms with Crippen molar-refractivity contribution in [1.29, 1.82) is 0 Å². The third-order valence-corrected chi connectivity index (χ3v) is 7.75. The number of likely N-dealkylation sites (N-methyl/N-ethyl adjacent to an activating group) is 1. The molecule has 3 aliphatic rings. The van der Waals surface area contributed by atoms with Crippen LogP contribution in [0.25, 0.3) is 10.9 Å². The molecule has 6 rings (SSSR count). The third kappa shape index (κ3) is 5.70. The standard InChI is InChI=1S/C27H36N8O2/c1-33-6-8-35(9-7-33)27-16-26(30-19-31-27)32-20-2-4-22(5-3-20)37-25-15-21(34-10-12-36-13-11-34)14-24-23(25)17-28-18-29-24/h14-20,22H,2-13H2,1H3,(H,30,31,32). The summed E-state index contributed by atoms with van der Waals surface area (Å²) in [6.45, 7) is 7.39. The first kappa shape index (κ1) is 24.1. The number of nitrogens with zero attached hydrogens (tertiary/aromatic N) is 7. The number of rotatable bonds is 6. The minimum atomic E-state index is 0.174. The van der Waals surface area contributed by atoms with Crippen molar-refractivity contribution in [2.45, 2.75) is 37.8 Å². The van der Waals surface area contributed by atoms with Gasteiger partial charge in [-0.15, -0.1) is 0 Å². The van der Waals surface area contributed by atoms with E-state index >= 15 is 0 Å². The Bertz CT molecular complexity index is 1190. The maximum Gasteiger partial charge on any atom is 0.134 e. The summed E-state index contributed by atoms with van der Waals surface area (Å²) in [4.78, 5) is 24.8. The Morgan fingerprint density at radius 1 is 0.865 bits per heavy atom. The summed E-state index contributed by atoms with van der Waals surface area (Å²) in [6, 6.07) is 6.77. The molecule has 2 aromatic heterocycles. The van der Waals surface area contributed by atoms with Crippen LogP contribution in [0.3, 0.4) is 0 Å². The molecule has 10 heteroatoms. The molecule has 196 valence electrons. The number of aromatic nitrogens is 4. The number of piperazine rings is 1. The highest BCUT2D eigenvalue weighted by molar-refractivity contribution is 5.88. The van der Waals surface area contributed by atoms with Gasteiger partial charge in [0.15, 0.2) is 0 Å². The number of ether oxygens (including phenoxy) is 2. The summed E-state index contributed by atoms with van der Waals surface area (Å²) in [7, 11) is 2.17. The second kappa shape index (κ2) is 11.0. The van der Waals surface area contributed by atoms with E-state index in [0.29, 0.717) is 6.04 Å². The van der Waals surface area contributed by atoms with Gasteiger partial charge in [0.05, 0.1) is 30.2 Å². The molecule has 0 amide bonds. The lowest BCUT2D eigenvalue weighted by Gasteiger charge is -2.33. The number of benzene rings is 1. The van der Waals surface area contributed by atoms with Gasteiger partial charge >= 0.3 is 0 Å². The third-order valence-electron chi connectivity index (χ3n) is 7.75. The number of anilines is 3. The average molecular weight is 505 g/mol. The molecule has 0 radical (unpaired) electrons. The first-order valence-electron chi connectivity index (χ1n) is 13.5. The summed E-state index contributed by atoms with van der Waals surface area (Å²) in [5.41, 5.74) is 2.06. The van der Waals surface area contributed by atoms with Crippen LogP contribution in [0, 0.1) is 0 Å². The summed E-state index contributed by atoms with van der Waals surface area (Å²) < 4.78 is 12.1. The lowest BCUT2D eigenvalue weighted by atomic mass is 9.93. The van der Waals surface area contributed by atoms with Crippen molar-refractivity contribution in [3.05, 3.63) is 37.1 Å². The van der Waals surface area contributed by atoms with Gasteiger partial charge in [0.2, 0.25) is 0 Å². The maximum atomic E-state index is 6.60. The molecule has 1 saturated carbocycles. The van der Waals surface area contributed by atoms with Crippen LogP contribution in [0.2, 0.25) is 0 Å². The Hall–Kier alpha value is -3.24. The molecule has 2 aliphatic heterocycles. The lowest BCUT2D eigenvalue weighted by Crippen LogP contribution is -2.44. The molecule has 0 spiro atoms. The van der Waals surface area contributed by atoms with Crippen molar-refractivity contribution in [2.75, 3.05) is 74.6 Å². The van der Waals surface area contributed by atoms with Gasteiger partial charge in [-0.2, -0.15) is 0 Å². The summed E-state index contributed by atoms with van der Waals surface area (Å²) in [6.07, 6.45) is 9.38. The molecule has 1 N–H and O–H groups in total. The van der Waals surface area contributed by atoms with Crippen LogP contribution in [-0.2, 0) is 4.74 Å². The Morgan fingerprint density at radius 2 is 1.68 bits per heavy atom. The molecule has 3 fully saturated rings. The van der Waals surface area contributed by atoms with Gasteiger partial charge in [0.25, 0.3) is 0 Å². The molecule has 3 aromatic rings. The molecule has 0 unspecified atom stereocenters. The predicted octanol–water partition coefficient (Wildman–Crippen LogP) is 2.81. The van der Waals surface area contributed by atoms with Crippen LogP contribution < -0.4 is 19.9 Å². The lowest BCUT2D eigenvalue weighted by molar-refractivity contribution is 0.122. The minimum Gasteiger partial charge on any atom is -0.490 e. The van der Waals surface area contributed by atoms with Crippen LogP contribution in [0.15, 0.2) is 37.1 Å². The molecule has 0 atom stereocenters. The van der Waals surface area contributed by atoms with Gasteiger partial charge in [-0.25, -0.2) is 19.9 Å². The van der Waals surface area contributed by atoms with Crippen LogP contribution in [0.1, 0.15) is 25.7 Å². The van der Waals surface area contributed by atoms with Gasteiger partial charge in [0.1, 0.15) is 30.0 Å². The van der Waals surface area contributed by atoms with Gasteiger partial charge < -0.3 is 29.5 Å². The topological polar surface area (TPSA) is 91.8 Å². The van der Waals surface area contributed by atoms with Crippen molar-refractivity contribution < 1.29 is 9.47 Å². The Balaban J connectivity index is 1.08. The zero-order chi connectivity index (χ0) is 25.0. The van der Waals surface area contributed by atoms with E-state index in [-0.39, 0.29) is 6.10 Å². The Morgan fingerprint density at radius 3 is 2.49 bits per heavy atom. The van der Waals surface area contributed by atoms with Gasteiger partial charge in [-0.3, -0.25) is 0 Å². The van der Waals surface area contributed by atoms with Crippen LogP contribution in [-0.4, -0.2) is 96.5 Å². The fraction of sp³-hybridized carbons (Fsp3) is 0.556. The molecule has 0 bridgehead atoms. The molecular formula is C27H36N8O2. The maximum absolute atomic E-state index is 6.60. The van der Waals surface area contributed by atoms with Crippen molar-refractivity contribution in [3.8, 4) is 5.75 Å². The highest BCUT2D eigenvalue weighted by atomic mass is 16.5. The number of nitrogens with one attached hydrogen (secondary N) is 1. The molecular weight excluding hydrogens is 468 g/mol. The van der Waals surface area contributed by atoms with E-state index in [1.54, 1.807) is 12.7 Å². The Labute approximate surface area is 218 Å². The van der Waals surface area contributed by atoms with Crippen molar-refractivity contribution in [2.24, 2.45) is 0 Å². The second-order valence-corrected chi connectivity index (χ2v) is 10.3. The minimum absolute atomic E-state index is 0.174. The van der Waals surface area contributed by atoms with E-state index in [4.69, 9.17) is 9.47 Å². The van der Waals surface area contributed by atoms with E-state index in [9.17, 15) is 0 Å². The quantitative estimate of drug-likeness (QED) is 0.540. The van der Waals surface area contributed by atoms with Gasteiger partial charge in [-0.1, -0.05) is 0 Å². The zero-order valence-corrected chi connectivity index (χ0v) is 21.6. The van der Waals surface area contributed by atoms with Crippen molar-refractivity contribution in [1.82, 2.24) is 24.8 Å². The highest BCUT2D eigenvalue weighted by Crippen LogP contribution is 2.34. The smallest absolute Gasteiger partial charge is 0.134 e. The van der Waals surface area contributed by atoms with Crippen molar-refractivity contribution >= 4 is 28.2 Å². The van der Waals surface area contributed by atoms with Gasteiger partial charge in [-0.05, 0) is 38.8 Å². The van der Waals surface area contributed by atoms with Crippen LogP contribution >= 0.6 is 0 Å². The van der Waals surface area contributed by atoms with Gasteiger partial charge in [0, 0.05) is 69.3 Å². The summed E-state index contributed by atoms with van der Waals surface area (Å²) in [5.74, 6) is 2.80. The molecule has 1 aromatic carbocycles. The molecule has 4 heterocycles. The zero-order valence-electron chi connectivity index (χ0n) is 21.6. The summed E-state index contributed by atoms with van der Waals surface area (Å²) >= 11 is 0. The molecule has 37 heavy (non-hydrogen) atoms. The SMILES string of the molecule is CN1CCN(c2cc(NC3CCC(Oc4cc(N5CCOCC5)cc5ncncc45)CC3)ncn2)CC1. The van der Waals surface area contributed by atoms with Crippen LogP contribution in [0.5, 0.6) is 5.75 Å². The number of hydrogen-bond donors (Lipinski definition) is 1. The Kier molecular flexibility index (Phi) is 7.18. The van der Waals surface area contributed by atoms with E-state index in [1.807, 2.05) is 6.20 Å². The van der Waals surface area contributed by atoms with E-state index < -0.39 is 0 Å². The van der Waals surface area contributed by atoms with E-state index in [0.717, 1.165) is 112 Å². The molecule has 2 saturated heterocycles. The number of hydrogen-bond acceptors (Lipinski definition) is 10. The first-order chi connectivity index (χ1) is 18.2. The molecule has 10 nitrogen and oxygen atoms in total. The highest BCUT2D eigenvalue weighted by Gasteiger charge is 2.25. The molecule has 1 aliphatic carbocycles. The number of morpholine rings is 1. The number of fused-ring (bicyclic) bond motifs is 1. The predicted molar refractivity (Wildman–Crippen MR) is 145 cm³/mol. The van der Waals surface area contributed by atoms with Crippen LogP contribution in [0.4, 0.5) is 17.3 Å². The second-order valence-electron chi connectivity index (χ2n) is 10.3. The fourth-order valence-electron chi connectivity index (χ4n) is 5.49.